The lowest BCUT2D eigenvalue weighted by Gasteiger charge is -2.37. The van der Waals surface area contributed by atoms with Gasteiger partial charge in [0.15, 0.2) is 0 Å². The average molecular weight is 306 g/mol. The number of carbonyl (C=O) groups is 1. The third kappa shape index (κ3) is 2.90. The zero-order valence-corrected chi connectivity index (χ0v) is 13.6. The number of aromatic nitrogens is 2. The average Bonchev–Trinajstić information content (AvgIpc) is 3.06. The first-order valence-corrected chi connectivity index (χ1v) is 8.11. The minimum Gasteiger partial charge on any atom is -0.383 e. The number of methoxy groups -OCH3 is 1. The van der Waals surface area contributed by atoms with Gasteiger partial charge in [-0.3, -0.25) is 9.69 Å². The number of piperidine rings is 1. The van der Waals surface area contributed by atoms with E-state index in [2.05, 4.69) is 14.5 Å². The van der Waals surface area contributed by atoms with Crippen LogP contribution in [0.2, 0.25) is 0 Å². The predicted octanol–water partition coefficient (Wildman–Crippen LogP) is 0.881. The Morgan fingerprint density at radius 2 is 2.00 bits per heavy atom. The largest absolute Gasteiger partial charge is 0.383 e. The first-order chi connectivity index (χ1) is 10.6. The van der Waals surface area contributed by atoms with Crippen LogP contribution in [-0.4, -0.2) is 65.2 Å². The van der Waals surface area contributed by atoms with E-state index in [0.717, 1.165) is 57.8 Å². The molecule has 0 unspecified atom stereocenters. The first kappa shape index (κ1) is 15.5. The van der Waals surface area contributed by atoms with Crippen LogP contribution >= 0.6 is 0 Å². The molecule has 6 heteroatoms. The van der Waals surface area contributed by atoms with Gasteiger partial charge in [-0.2, -0.15) is 0 Å². The van der Waals surface area contributed by atoms with Crippen LogP contribution in [0.3, 0.4) is 0 Å². The topological polar surface area (TPSA) is 50.6 Å². The summed E-state index contributed by atoms with van der Waals surface area (Å²) in [6, 6.07) is 0. The van der Waals surface area contributed by atoms with Gasteiger partial charge in [0, 0.05) is 39.6 Å². The van der Waals surface area contributed by atoms with Crippen LogP contribution < -0.4 is 0 Å². The number of aryl methyl sites for hydroxylation is 1. The van der Waals surface area contributed by atoms with Crippen LogP contribution in [0, 0.1) is 5.41 Å². The Morgan fingerprint density at radius 1 is 1.27 bits per heavy atom. The summed E-state index contributed by atoms with van der Waals surface area (Å²) in [5, 5.41) is 0. The fourth-order valence-corrected chi connectivity index (χ4v) is 3.66. The van der Waals surface area contributed by atoms with Gasteiger partial charge in [-0.1, -0.05) is 0 Å². The molecule has 3 heterocycles. The quantitative estimate of drug-likeness (QED) is 0.810. The summed E-state index contributed by atoms with van der Waals surface area (Å²) in [6.45, 7) is 5.09. The number of hydrogen-bond donors (Lipinski definition) is 0. The van der Waals surface area contributed by atoms with Crippen molar-refractivity contribution >= 4 is 5.91 Å². The van der Waals surface area contributed by atoms with Crippen LogP contribution in [0.4, 0.5) is 0 Å². The maximum atomic E-state index is 12.7. The molecular formula is C16H26N4O2. The molecule has 2 aliphatic rings. The normalized spacial score (nSPS) is 21.9. The van der Waals surface area contributed by atoms with Gasteiger partial charge in [0.05, 0.1) is 18.6 Å². The summed E-state index contributed by atoms with van der Waals surface area (Å²) < 4.78 is 7.17. The van der Waals surface area contributed by atoms with Gasteiger partial charge in [-0.25, -0.2) is 4.98 Å². The summed E-state index contributed by atoms with van der Waals surface area (Å²) in [5.41, 5.74) is -0.105. The zero-order valence-electron chi connectivity index (χ0n) is 13.6. The highest BCUT2D eigenvalue weighted by molar-refractivity contribution is 5.85. The zero-order chi connectivity index (χ0) is 15.6. The summed E-state index contributed by atoms with van der Waals surface area (Å²) in [6.07, 6.45) is 6.77. The molecule has 0 aromatic carbocycles. The number of imidazole rings is 1. The highest BCUT2D eigenvalue weighted by atomic mass is 16.5. The molecular weight excluding hydrogens is 280 g/mol. The lowest BCUT2D eigenvalue weighted by Crippen LogP contribution is -2.45. The predicted molar refractivity (Wildman–Crippen MR) is 83.2 cm³/mol. The van der Waals surface area contributed by atoms with Crippen molar-refractivity contribution in [2.75, 3.05) is 39.9 Å². The maximum absolute atomic E-state index is 12.7. The van der Waals surface area contributed by atoms with Crippen molar-refractivity contribution in [2.45, 2.75) is 25.8 Å². The molecule has 2 aliphatic heterocycles. The molecule has 0 radical (unpaired) electrons. The van der Waals surface area contributed by atoms with Gasteiger partial charge in [0.1, 0.15) is 5.82 Å². The molecule has 2 fully saturated rings. The molecule has 22 heavy (non-hydrogen) atoms. The number of nitrogens with zero attached hydrogens (tertiary/aromatic N) is 4. The highest BCUT2D eigenvalue weighted by Gasteiger charge is 2.47. The van der Waals surface area contributed by atoms with Crippen molar-refractivity contribution in [3.05, 3.63) is 18.2 Å². The first-order valence-electron chi connectivity index (χ1n) is 8.11. The smallest absolute Gasteiger partial charge is 0.229 e. The van der Waals surface area contributed by atoms with Crippen molar-refractivity contribution in [3.8, 4) is 0 Å². The lowest BCUT2D eigenvalue weighted by atomic mass is 9.77. The van der Waals surface area contributed by atoms with Gasteiger partial charge in [-0.15, -0.1) is 0 Å². The molecule has 1 aromatic heterocycles. The van der Waals surface area contributed by atoms with E-state index in [1.165, 1.54) is 0 Å². The van der Waals surface area contributed by atoms with E-state index in [4.69, 9.17) is 4.74 Å². The molecule has 122 valence electrons. The molecule has 0 atom stereocenters. The second kappa shape index (κ2) is 6.38. The fraction of sp³-hybridized carbons (Fsp3) is 0.750. The number of carbonyl (C=O) groups excluding carboxylic acids is 1. The Bertz CT molecular complexity index is 520. The van der Waals surface area contributed by atoms with E-state index < -0.39 is 0 Å². The Hall–Kier alpha value is -1.40. The molecule has 1 amide bonds. The fourth-order valence-electron chi connectivity index (χ4n) is 3.66. The number of ether oxygens (including phenoxy) is 1. The number of amides is 1. The summed E-state index contributed by atoms with van der Waals surface area (Å²) in [5.74, 6) is 1.44. The van der Waals surface area contributed by atoms with Crippen molar-refractivity contribution in [2.24, 2.45) is 12.5 Å². The van der Waals surface area contributed by atoms with E-state index in [-0.39, 0.29) is 5.41 Å². The van der Waals surface area contributed by atoms with Crippen LogP contribution in [0.1, 0.15) is 25.1 Å². The van der Waals surface area contributed by atoms with Crippen LogP contribution in [0.25, 0.3) is 0 Å². The van der Waals surface area contributed by atoms with Crippen molar-refractivity contribution in [1.82, 2.24) is 19.4 Å². The minimum absolute atomic E-state index is 0.105. The molecule has 0 aliphatic carbocycles. The Balaban J connectivity index is 1.55. The van der Waals surface area contributed by atoms with Crippen LogP contribution in [-0.2, 0) is 23.1 Å². The molecule has 0 N–H and O–H groups in total. The van der Waals surface area contributed by atoms with E-state index in [1.54, 1.807) is 7.11 Å². The number of hydrogen-bond acceptors (Lipinski definition) is 4. The Labute approximate surface area is 132 Å². The second-order valence-corrected chi connectivity index (χ2v) is 6.55. The highest BCUT2D eigenvalue weighted by Crippen LogP contribution is 2.41. The Morgan fingerprint density at radius 3 is 2.64 bits per heavy atom. The Kier molecular flexibility index (Phi) is 4.49. The van der Waals surface area contributed by atoms with Gasteiger partial charge in [0.2, 0.25) is 5.91 Å². The SMILES string of the molecule is COCCN1CCC2(CCN(Cc3nccn3C)CC2)C1=O. The van der Waals surface area contributed by atoms with Crippen molar-refractivity contribution in [3.63, 3.8) is 0 Å². The number of rotatable bonds is 5. The van der Waals surface area contributed by atoms with Crippen molar-refractivity contribution in [1.29, 1.82) is 0 Å². The van der Waals surface area contributed by atoms with Crippen LogP contribution in [0.5, 0.6) is 0 Å². The summed E-state index contributed by atoms with van der Waals surface area (Å²) >= 11 is 0. The minimum atomic E-state index is -0.105. The van der Waals surface area contributed by atoms with E-state index >= 15 is 0 Å². The number of likely N-dealkylation sites (tertiary alicyclic amines) is 2. The molecule has 3 rings (SSSR count). The van der Waals surface area contributed by atoms with Gasteiger partial charge in [-0.05, 0) is 32.4 Å². The second-order valence-electron chi connectivity index (χ2n) is 6.55. The molecule has 2 saturated heterocycles. The summed E-state index contributed by atoms with van der Waals surface area (Å²) in [4.78, 5) is 21.5. The van der Waals surface area contributed by atoms with E-state index in [1.807, 2.05) is 24.3 Å². The standard InChI is InChI=1S/C16H26N4O2/c1-18-10-6-17-14(18)13-19-7-3-16(4-8-19)5-9-20(15(16)21)11-12-22-2/h6,10H,3-5,7-9,11-13H2,1-2H3. The third-order valence-corrected chi connectivity index (χ3v) is 5.27. The van der Waals surface area contributed by atoms with E-state index in [0.29, 0.717) is 12.5 Å². The molecule has 1 spiro atoms. The van der Waals surface area contributed by atoms with Crippen LogP contribution in [0.15, 0.2) is 12.4 Å². The van der Waals surface area contributed by atoms with Gasteiger partial charge in [0.25, 0.3) is 0 Å². The van der Waals surface area contributed by atoms with Crippen molar-refractivity contribution < 1.29 is 9.53 Å². The van der Waals surface area contributed by atoms with Gasteiger partial charge < -0.3 is 14.2 Å². The third-order valence-electron chi connectivity index (χ3n) is 5.27. The monoisotopic (exact) mass is 306 g/mol. The molecule has 0 bridgehead atoms. The van der Waals surface area contributed by atoms with Gasteiger partial charge >= 0.3 is 0 Å². The maximum Gasteiger partial charge on any atom is 0.229 e. The van der Waals surface area contributed by atoms with E-state index in [9.17, 15) is 4.79 Å². The molecule has 1 aromatic rings. The molecule has 0 saturated carbocycles. The summed E-state index contributed by atoms with van der Waals surface area (Å²) in [7, 11) is 3.72. The lowest BCUT2D eigenvalue weighted by molar-refractivity contribution is -0.139. The molecule has 6 nitrogen and oxygen atoms in total.